The van der Waals surface area contributed by atoms with Gasteiger partial charge < -0.3 is 9.67 Å². The van der Waals surface area contributed by atoms with Gasteiger partial charge in [0.05, 0.1) is 23.7 Å². The van der Waals surface area contributed by atoms with E-state index in [-0.39, 0.29) is 0 Å². The van der Waals surface area contributed by atoms with Crippen molar-refractivity contribution in [3.8, 4) is 11.1 Å². The molecule has 3 aromatic heterocycles. The number of aryl methyl sites for hydroxylation is 1. The lowest BCUT2D eigenvalue weighted by Crippen LogP contribution is -2.31. The Morgan fingerprint density at radius 2 is 1.68 bits per heavy atom. The zero-order valence-electron chi connectivity index (χ0n) is 18.2. The van der Waals surface area contributed by atoms with Gasteiger partial charge in [-0.3, -0.25) is 0 Å². The molecular formula is C26H19ClN6O. The van der Waals surface area contributed by atoms with Crippen LogP contribution in [0.3, 0.4) is 0 Å². The van der Waals surface area contributed by atoms with Crippen LogP contribution in [0.2, 0.25) is 5.02 Å². The van der Waals surface area contributed by atoms with E-state index in [1.807, 2.05) is 78.3 Å². The SMILES string of the molecule is Cn1cncc1C(O)(c1ccc(Cl)cc1)c1ccc2c(c1)c(-c1ccccc1)cc1nnnn12. The summed E-state index contributed by atoms with van der Waals surface area (Å²) in [5.41, 5.74) is 4.05. The molecule has 0 aliphatic rings. The third-order valence-corrected chi connectivity index (χ3v) is 6.49. The minimum Gasteiger partial charge on any atom is -0.374 e. The number of aromatic nitrogens is 6. The average molecular weight is 467 g/mol. The van der Waals surface area contributed by atoms with Crippen LogP contribution in [-0.4, -0.2) is 34.7 Å². The summed E-state index contributed by atoms with van der Waals surface area (Å²) in [7, 11) is 1.87. The fourth-order valence-electron chi connectivity index (χ4n) is 4.54. The Labute approximate surface area is 199 Å². The second-order valence-electron chi connectivity index (χ2n) is 8.21. The smallest absolute Gasteiger partial charge is 0.180 e. The lowest BCUT2D eigenvalue weighted by Gasteiger charge is -2.30. The predicted octanol–water partition coefficient (Wildman–Crippen LogP) is 4.62. The lowest BCUT2D eigenvalue weighted by atomic mass is 9.82. The molecule has 3 heterocycles. The fraction of sp³-hybridized carbons (Fsp3) is 0.0769. The van der Waals surface area contributed by atoms with Crippen LogP contribution in [0.1, 0.15) is 16.8 Å². The van der Waals surface area contributed by atoms with Gasteiger partial charge in [0.1, 0.15) is 0 Å². The van der Waals surface area contributed by atoms with Gasteiger partial charge in [0.15, 0.2) is 11.2 Å². The Hall–Kier alpha value is -4.07. The summed E-state index contributed by atoms with van der Waals surface area (Å²) >= 11 is 6.15. The molecule has 0 fully saturated rings. The fourth-order valence-corrected chi connectivity index (χ4v) is 4.67. The van der Waals surface area contributed by atoms with Crippen molar-refractivity contribution in [2.24, 2.45) is 7.05 Å². The molecule has 1 N–H and O–H groups in total. The van der Waals surface area contributed by atoms with E-state index < -0.39 is 5.60 Å². The maximum absolute atomic E-state index is 12.3. The highest BCUT2D eigenvalue weighted by Crippen LogP contribution is 2.39. The molecule has 0 saturated carbocycles. The quantitative estimate of drug-likeness (QED) is 0.410. The van der Waals surface area contributed by atoms with Crippen molar-refractivity contribution in [1.29, 1.82) is 0 Å². The number of benzene rings is 3. The predicted molar refractivity (Wildman–Crippen MR) is 130 cm³/mol. The second kappa shape index (κ2) is 7.76. The van der Waals surface area contributed by atoms with E-state index in [1.54, 1.807) is 29.2 Å². The van der Waals surface area contributed by atoms with Crippen molar-refractivity contribution in [2.45, 2.75) is 5.60 Å². The normalized spacial score (nSPS) is 13.4. The van der Waals surface area contributed by atoms with Crippen molar-refractivity contribution >= 4 is 28.2 Å². The van der Waals surface area contributed by atoms with E-state index in [0.717, 1.165) is 22.0 Å². The van der Waals surface area contributed by atoms with Crippen LogP contribution >= 0.6 is 11.6 Å². The molecule has 0 radical (unpaired) electrons. The standard InChI is InChI=1S/C26H19ClN6O/c1-32-16-28-15-24(32)26(34,18-7-10-20(27)11-8-18)19-9-12-23-22(13-19)21(17-5-3-2-4-6-17)14-25-29-30-31-33(23)25/h2-16,34H,1H3. The monoisotopic (exact) mass is 466 g/mol. The Balaban J connectivity index is 1.68. The van der Waals surface area contributed by atoms with Gasteiger partial charge >= 0.3 is 0 Å². The number of fused-ring (bicyclic) bond motifs is 3. The average Bonchev–Trinajstić information content (AvgIpc) is 3.53. The van der Waals surface area contributed by atoms with Crippen molar-refractivity contribution in [3.05, 3.63) is 113 Å². The van der Waals surface area contributed by atoms with Gasteiger partial charge in [-0.05, 0) is 63.0 Å². The molecule has 166 valence electrons. The number of hydrogen-bond donors (Lipinski definition) is 1. The molecule has 0 aliphatic carbocycles. The molecule has 3 aromatic carbocycles. The maximum Gasteiger partial charge on any atom is 0.180 e. The highest BCUT2D eigenvalue weighted by Gasteiger charge is 2.37. The molecule has 6 aromatic rings. The topological polar surface area (TPSA) is 81.1 Å². The van der Waals surface area contributed by atoms with E-state index in [2.05, 4.69) is 20.5 Å². The Bertz CT molecular complexity index is 1640. The van der Waals surface area contributed by atoms with Crippen molar-refractivity contribution in [2.75, 3.05) is 0 Å². The molecule has 1 atom stereocenters. The Morgan fingerprint density at radius 1 is 0.912 bits per heavy atom. The number of nitrogens with zero attached hydrogens (tertiary/aromatic N) is 6. The molecule has 6 rings (SSSR count). The van der Waals surface area contributed by atoms with E-state index in [9.17, 15) is 5.11 Å². The summed E-state index contributed by atoms with van der Waals surface area (Å²) < 4.78 is 3.53. The minimum atomic E-state index is -1.46. The largest absolute Gasteiger partial charge is 0.374 e. The Morgan fingerprint density at radius 3 is 2.41 bits per heavy atom. The van der Waals surface area contributed by atoms with Crippen molar-refractivity contribution in [3.63, 3.8) is 0 Å². The van der Waals surface area contributed by atoms with Crippen LogP contribution in [0.5, 0.6) is 0 Å². The van der Waals surface area contributed by atoms with Crippen LogP contribution in [0.25, 0.3) is 27.7 Å². The van der Waals surface area contributed by atoms with E-state index in [1.165, 1.54) is 0 Å². The molecule has 34 heavy (non-hydrogen) atoms. The highest BCUT2D eigenvalue weighted by atomic mass is 35.5. The minimum absolute atomic E-state index is 0.599. The highest BCUT2D eigenvalue weighted by molar-refractivity contribution is 6.30. The van der Waals surface area contributed by atoms with Gasteiger partial charge in [-0.2, -0.15) is 4.52 Å². The summed E-state index contributed by atoms with van der Waals surface area (Å²) in [6, 6.07) is 25.1. The number of pyridine rings is 1. The first-order valence-corrected chi connectivity index (χ1v) is 11.1. The van der Waals surface area contributed by atoms with E-state index in [4.69, 9.17) is 11.6 Å². The number of tetrazole rings is 1. The molecule has 7 nitrogen and oxygen atoms in total. The summed E-state index contributed by atoms with van der Waals surface area (Å²) in [5.74, 6) is 0. The molecule has 0 amide bonds. The number of rotatable bonds is 4. The van der Waals surface area contributed by atoms with Crippen molar-refractivity contribution < 1.29 is 5.11 Å². The first-order valence-electron chi connectivity index (χ1n) is 10.7. The van der Waals surface area contributed by atoms with Crippen LogP contribution in [0.4, 0.5) is 0 Å². The van der Waals surface area contributed by atoms with Gasteiger partial charge in [-0.1, -0.05) is 60.1 Å². The zero-order chi connectivity index (χ0) is 23.3. The summed E-state index contributed by atoms with van der Waals surface area (Å²) in [4.78, 5) is 4.26. The van der Waals surface area contributed by atoms with Crippen LogP contribution in [-0.2, 0) is 12.6 Å². The lowest BCUT2D eigenvalue weighted by molar-refractivity contribution is 0.117. The summed E-state index contributed by atoms with van der Waals surface area (Å²) in [6.07, 6.45) is 3.36. The second-order valence-corrected chi connectivity index (χ2v) is 8.65. The maximum atomic E-state index is 12.3. The molecule has 0 spiro atoms. The molecule has 0 saturated heterocycles. The van der Waals surface area contributed by atoms with Gasteiger partial charge in [0, 0.05) is 17.5 Å². The number of hydrogen-bond acceptors (Lipinski definition) is 5. The first kappa shape index (κ1) is 20.5. The third kappa shape index (κ3) is 3.09. The first-order chi connectivity index (χ1) is 16.6. The molecule has 0 aliphatic heterocycles. The summed E-state index contributed by atoms with van der Waals surface area (Å²) in [6.45, 7) is 0. The van der Waals surface area contributed by atoms with E-state index in [0.29, 0.717) is 27.5 Å². The number of halogens is 1. The van der Waals surface area contributed by atoms with Gasteiger partial charge in [-0.15, -0.1) is 5.10 Å². The Kier molecular flexibility index (Phi) is 4.69. The molecule has 1 unspecified atom stereocenters. The van der Waals surface area contributed by atoms with Crippen LogP contribution < -0.4 is 0 Å². The van der Waals surface area contributed by atoms with Gasteiger partial charge in [-0.25, -0.2) is 4.98 Å². The van der Waals surface area contributed by atoms with Crippen molar-refractivity contribution in [1.82, 2.24) is 29.6 Å². The van der Waals surface area contributed by atoms with Crippen LogP contribution in [0, 0.1) is 0 Å². The van der Waals surface area contributed by atoms with E-state index >= 15 is 0 Å². The molecular weight excluding hydrogens is 448 g/mol. The number of aliphatic hydroxyl groups is 1. The molecule has 0 bridgehead atoms. The molecule has 8 heteroatoms. The van der Waals surface area contributed by atoms with Gasteiger partial charge in [0.25, 0.3) is 0 Å². The zero-order valence-corrected chi connectivity index (χ0v) is 18.9. The summed E-state index contributed by atoms with van der Waals surface area (Å²) in [5, 5.41) is 26.0. The van der Waals surface area contributed by atoms with Crippen LogP contribution in [0.15, 0.2) is 91.4 Å². The number of imidazole rings is 1. The van der Waals surface area contributed by atoms with Gasteiger partial charge in [0.2, 0.25) is 0 Å². The third-order valence-electron chi connectivity index (χ3n) is 6.23.